The first kappa shape index (κ1) is 12.6. The summed E-state index contributed by atoms with van der Waals surface area (Å²) in [6, 6.07) is 2.00. The lowest BCUT2D eigenvalue weighted by atomic mass is 10.4. The monoisotopic (exact) mass is 337 g/mol. The molecule has 0 atom stereocenters. The SMILES string of the molecule is CCn1ccnc1CNc1ncnc2cc(Br)sc12. The minimum absolute atomic E-state index is 0.655. The molecule has 0 unspecified atom stereocenters. The van der Waals surface area contributed by atoms with Crippen LogP contribution in [0.15, 0.2) is 28.6 Å². The number of imidazole rings is 1. The molecule has 0 aliphatic heterocycles. The van der Waals surface area contributed by atoms with Gasteiger partial charge in [0.2, 0.25) is 0 Å². The fourth-order valence-corrected chi connectivity index (χ4v) is 3.41. The average molecular weight is 338 g/mol. The molecular formula is C12H12BrN5S. The second-order valence-electron chi connectivity index (χ2n) is 3.97. The molecule has 0 radical (unpaired) electrons. The zero-order valence-electron chi connectivity index (χ0n) is 10.3. The van der Waals surface area contributed by atoms with E-state index in [4.69, 9.17) is 0 Å². The molecule has 98 valence electrons. The van der Waals surface area contributed by atoms with Gasteiger partial charge < -0.3 is 9.88 Å². The fourth-order valence-electron chi connectivity index (χ4n) is 1.91. The number of hydrogen-bond donors (Lipinski definition) is 1. The smallest absolute Gasteiger partial charge is 0.147 e. The van der Waals surface area contributed by atoms with Gasteiger partial charge in [-0.15, -0.1) is 11.3 Å². The molecule has 0 fully saturated rings. The summed E-state index contributed by atoms with van der Waals surface area (Å²) in [5.74, 6) is 1.86. The van der Waals surface area contributed by atoms with Gasteiger partial charge in [0, 0.05) is 18.9 Å². The van der Waals surface area contributed by atoms with Gasteiger partial charge in [-0.3, -0.25) is 0 Å². The molecule has 3 aromatic rings. The van der Waals surface area contributed by atoms with Crippen LogP contribution in [0.1, 0.15) is 12.7 Å². The van der Waals surface area contributed by atoms with Gasteiger partial charge in [0.05, 0.1) is 20.5 Å². The molecule has 0 amide bonds. The number of halogens is 1. The molecular weight excluding hydrogens is 326 g/mol. The van der Waals surface area contributed by atoms with Crippen molar-refractivity contribution < 1.29 is 0 Å². The van der Waals surface area contributed by atoms with Crippen LogP contribution in [0, 0.1) is 0 Å². The summed E-state index contributed by atoms with van der Waals surface area (Å²) in [7, 11) is 0. The molecule has 0 bridgehead atoms. The number of nitrogens with zero attached hydrogens (tertiary/aromatic N) is 4. The predicted molar refractivity (Wildman–Crippen MR) is 80.3 cm³/mol. The summed E-state index contributed by atoms with van der Waals surface area (Å²) in [6.07, 6.45) is 5.38. The van der Waals surface area contributed by atoms with Crippen molar-refractivity contribution in [2.45, 2.75) is 20.0 Å². The van der Waals surface area contributed by atoms with Crippen LogP contribution in [0.3, 0.4) is 0 Å². The number of aryl methyl sites for hydroxylation is 1. The van der Waals surface area contributed by atoms with E-state index in [2.05, 4.69) is 47.7 Å². The number of hydrogen-bond acceptors (Lipinski definition) is 5. The normalized spacial score (nSPS) is 11.1. The molecule has 1 N–H and O–H groups in total. The maximum absolute atomic E-state index is 4.34. The lowest BCUT2D eigenvalue weighted by Gasteiger charge is -2.07. The number of thiophene rings is 1. The minimum atomic E-state index is 0.655. The molecule has 0 saturated carbocycles. The maximum atomic E-state index is 4.34. The number of nitrogens with one attached hydrogen (secondary N) is 1. The van der Waals surface area contributed by atoms with Gasteiger partial charge in [0.1, 0.15) is 18.0 Å². The third-order valence-electron chi connectivity index (χ3n) is 2.84. The quantitative estimate of drug-likeness (QED) is 0.793. The van der Waals surface area contributed by atoms with E-state index in [-0.39, 0.29) is 0 Å². The second kappa shape index (κ2) is 5.26. The lowest BCUT2D eigenvalue weighted by Crippen LogP contribution is -2.08. The first-order chi connectivity index (χ1) is 9.28. The van der Waals surface area contributed by atoms with Gasteiger partial charge in [-0.05, 0) is 28.9 Å². The van der Waals surface area contributed by atoms with Crippen molar-refractivity contribution in [3.63, 3.8) is 0 Å². The molecule has 7 heteroatoms. The largest absolute Gasteiger partial charge is 0.362 e. The highest BCUT2D eigenvalue weighted by Gasteiger charge is 2.08. The molecule has 0 saturated heterocycles. The van der Waals surface area contributed by atoms with E-state index in [9.17, 15) is 0 Å². The third kappa shape index (κ3) is 2.48. The minimum Gasteiger partial charge on any atom is -0.362 e. The van der Waals surface area contributed by atoms with Crippen LogP contribution in [0.4, 0.5) is 5.82 Å². The van der Waals surface area contributed by atoms with Gasteiger partial charge >= 0.3 is 0 Å². The van der Waals surface area contributed by atoms with Crippen molar-refractivity contribution in [2.75, 3.05) is 5.32 Å². The maximum Gasteiger partial charge on any atom is 0.147 e. The molecule has 0 aromatic carbocycles. The van der Waals surface area contributed by atoms with Crippen LogP contribution in [0.2, 0.25) is 0 Å². The Balaban J connectivity index is 1.85. The average Bonchev–Trinajstić information content (AvgIpc) is 3.00. The lowest BCUT2D eigenvalue weighted by molar-refractivity contribution is 0.707. The number of fused-ring (bicyclic) bond motifs is 1. The Hall–Kier alpha value is -1.47. The van der Waals surface area contributed by atoms with Gasteiger partial charge in [-0.1, -0.05) is 0 Å². The first-order valence-electron chi connectivity index (χ1n) is 5.92. The van der Waals surface area contributed by atoms with Crippen molar-refractivity contribution in [1.29, 1.82) is 0 Å². The van der Waals surface area contributed by atoms with Crippen LogP contribution in [0.25, 0.3) is 10.2 Å². The van der Waals surface area contributed by atoms with E-state index in [0.29, 0.717) is 6.54 Å². The molecule has 3 aromatic heterocycles. The highest BCUT2D eigenvalue weighted by molar-refractivity contribution is 9.11. The standard InChI is InChI=1S/C12H12BrN5S/c1-2-18-4-3-14-10(18)6-15-12-11-8(16-7-17-12)5-9(13)19-11/h3-5,7H,2,6H2,1H3,(H,15,16,17). The van der Waals surface area contributed by atoms with Crippen LogP contribution in [0.5, 0.6) is 0 Å². The number of anilines is 1. The van der Waals surface area contributed by atoms with Crippen molar-refractivity contribution in [3.05, 3.63) is 34.4 Å². The van der Waals surface area contributed by atoms with Crippen LogP contribution >= 0.6 is 27.3 Å². The molecule has 0 spiro atoms. The zero-order valence-corrected chi connectivity index (χ0v) is 12.7. The molecule has 5 nitrogen and oxygen atoms in total. The molecule has 3 heterocycles. The fraction of sp³-hybridized carbons (Fsp3) is 0.250. The van der Waals surface area contributed by atoms with Gasteiger partial charge in [-0.2, -0.15) is 0 Å². The van der Waals surface area contributed by atoms with Gasteiger partial charge in [-0.25, -0.2) is 15.0 Å². The Kier molecular flexibility index (Phi) is 3.48. The molecule has 0 aliphatic carbocycles. The Morgan fingerprint density at radius 3 is 3.11 bits per heavy atom. The van der Waals surface area contributed by atoms with Crippen molar-refractivity contribution in [1.82, 2.24) is 19.5 Å². The van der Waals surface area contributed by atoms with Crippen molar-refractivity contribution in [3.8, 4) is 0 Å². The molecule has 19 heavy (non-hydrogen) atoms. The van der Waals surface area contributed by atoms with E-state index >= 15 is 0 Å². The number of aromatic nitrogens is 4. The van der Waals surface area contributed by atoms with E-state index in [0.717, 1.165) is 32.2 Å². The summed E-state index contributed by atoms with van der Waals surface area (Å²) in [6.45, 7) is 3.67. The highest BCUT2D eigenvalue weighted by Crippen LogP contribution is 2.32. The Morgan fingerprint density at radius 1 is 1.37 bits per heavy atom. The zero-order chi connectivity index (χ0) is 13.2. The summed E-state index contributed by atoms with van der Waals surface area (Å²) in [4.78, 5) is 12.9. The predicted octanol–water partition coefficient (Wildman–Crippen LogP) is 3.28. The first-order valence-corrected chi connectivity index (χ1v) is 7.53. The van der Waals surface area contributed by atoms with Crippen LogP contribution in [-0.4, -0.2) is 19.5 Å². The van der Waals surface area contributed by atoms with Crippen molar-refractivity contribution in [2.24, 2.45) is 0 Å². The summed E-state index contributed by atoms with van der Waals surface area (Å²) < 4.78 is 4.22. The van der Waals surface area contributed by atoms with E-state index in [1.54, 1.807) is 17.7 Å². The summed E-state index contributed by atoms with van der Waals surface area (Å²) >= 11 is 5.11. The molecule has 3 rings (SSSR count). The number of rotatable bonds is 4. The second-order valence-corrected chi connectivity index (χ2v) is 6.40. The topological polar surface area (TPSA) is 55.6 Å². The molecule has 0 aliphatic rings. The van der Waals surface area contributed by atoms with Crippen molar-refractivity contribution >= 4 is 43.3 Å². The van der Waals surface area contributed by atoms with Gasteiger partial charge in [0.25, 0.3) is 0 Å². The van der Waals surface area contributed by atoms with E-state index < -0.39 is 0 Å². The Labute approximate surface area is 122 Å². The summed E-state index contributed by atoms with van der Waals surface area (Å²) in [5.41, 5.74) is 0.952. The van der Waals surface area contributed by atoms with E-state index in [1.165, 1.54) is 0 Å². The van der Waals surface area contributed by atoms with E-state index in [1.807, 2.05) is 18.5 Å². The Morgan fingerprint density at radius 2 is 2.26 bits per heavy atom. The highest BCUT2D eigenvalue weighted by atomic mass is 79.9. The van der Waals surface area contributed by atoms with Crippen LogP contribution in [-0.2, 0) is 13.1 Å². The third-order valence-corrected chi connectivity index (χ3v) is 4.47. The summed E-state index contributed by atoms with van der Waals surface area (Å²) in [5, 5.41) is 3.33. The Bertz CT molecular complexity index is 705. The van der Waals surface area contributed by atoms with Gasteiger partial charge in [0.15, 0.2) is 0 Å². The van der Waals surface area contributed by atoms with Crippen LogP contribution < -0.4 is 5.32 Å².